The van der Waals surface area contributed by atoms with E-state index >= 15 is 4.39 Å². The van der Waals surface area contributed by atoms with Crippen LogP contribution < -0.4 is 9.64 Å². The number of hydrogen-bond acceptors (Lipinski definition) is 7. The van der Waals surface area contributed by atoms with Gasteiger partial charge in [0.05, 0.1) is 11.2 Å². The van der Waals surface area contributed by atoms with Gasteiger partial charge in [-0.1, -0.05) is 41.9 Å². The number of nitrogens with zero attached hydrogens (tertiary/aromatic N) is 3. The number of benzene rings is 2. The molecule has 2 aliphatic heterocycles. The summed E-state index contributed by atoms with van der Waals surface area (Å²) in [6, 6.07) is 13.1. The first-order valence-electron chi connectivity index (χ1n) is 12.0. The van der Waals surface area contributed by atoms with Gasteiger partial charge in [0.1, 0.15) is 22.5 Å². The van der Waals surface area contributed by atoms with Crippen LogP contribution in [0.4, 0.5) is 14.9 Å². The molecule has 2 aromatic rings. The summed E-state index contributed by atoms with van der Waals surface area (Å²) in [5.41, 5.74) is 1.31. The molecule has 1 saturated heterocycles. The van der Waals surface area contributed by atoms with Gasteiger partial charge in [-0.3, -0.25) is 4.90 Å². The Bertz CT molecular complexity index is 1390. The van der Waals surface area contributed by atoms with E-state index in [9.17, 15) is 13.2 Å². The zero-order valence-electron chi connectivity index (χ0n) is 21.3. The van der Waals surface area contributed by atoms with Crippen molar-refractivity contribution in [1.82, 2.24) is 4.90 Å². The first-order valence-corrected chi connectivity index (χ1v) is 15.4. The van der Waals surface area contributed by atoms with E-state index < -0.39 is 36.2 Å². The lowest BCUT2D eigenvalue weighted by Gasteiger charge is -2.32. The summed E-state index contributed by atoms with van der Waals surface area (Å²) in [6.45, 7) is 7.52. The highest BCUT2D eigenvalue weighted by Gasteiger charge is 2.32. The van der Waals surface area contributed by atoms with Crippen LogP contribution in [0.2, 0.25) is 5.02 Å². The van der Waals surface area contributed by atoms with Crippen molar-refractivity contribution in [1.29, 1.82) is 0 Å². The standard InChI is InChI=1S/C26H29ClFN3O5S2/c1-26(2,3)36-25(32)31(22-16-37(17-29-22)38(33)34)20-9-10-21(23(27)24(20)28)35-19-11-13-30(14-12-19)15-18-7-5-4-6-8-18/h4-10,16-17,19H,11-15H2,1-3H3. The molecule has 2 aliphatic rings. The number of hydrogen-bond donors (Lipinski definition) is 0. The van der Waals surface area contributed by atoms with Crippen molar-refractivity contribution in [2.24, 2.45) is 4.99 Å². The normalized spacial score (nSPS) is 18.2. The molecule has 0 saturated carbocycles. The second-order valence-corrected chi connectivity index (χ2v) is 13.7. The highest BCUT2D eigenvalue weighted by Crippen LogP contribution is 2.38. The lowest BCUT2D eigenvalue weighted by molar-refractivity contribution is 0.0591. The van der Waals surface area contributed by atoms with E-state index in [4.69, 9.17) is 21.1 Å². The number of aliphatic imine (C=N–C) groups is 1. The van der Waals surface area contributed by atoms with Gasteiger partial charge >= 0.3 is 6.09 Å². The topological polar surface area (TPSA) is 88.5 Å². The van der Waals surface area contributed by atoms with Gasteiger partial charge in [-0.25, -0.2) is 19.1 Å². The van der Waals surface area contributed by atoms with Crippen molar-refractivity contribution in [3.63, 3.8) is 0 Å². The molecule has 0 spiro atoms. The number of halogens is 2. The molecule has 0 aliphatic carbocycles. The van der Waals surface area contributed by atoms with E-state index in [2.05, 4.69) is 22.0 Å². The predicted octanol–water partition coefficient (Wildman–Crippen LogP) is 5.52. The van der Waals surface area contributed by atoms with Crippen molar-refractivity contribution in [3.8, 4) is 5.75 Å². The summed E-state index contributed by atoms with van der Waals surface area (Å²) < 4.78 is 49.9. The number of ether oxygens (including phenoxy) is 2. The van der Waals surface area contributed by atoms with Crippen molar-refractivity contribution in [2.75, 3.05) is 18.0 Å². The molecule has 0 radical (unpaired) electrons. The molecule has 0 N–H and O–H groups in total. The smallest absolute Gasteiger partial charge is 0.420 e. The minimum atomic E-state index is -2.47. The third-order valence-electron chi connectivity index (χ3n) is 5.82. The van der Waals surface area contributed by atoms with Gasteiger partial charge in [0, 0.05) is 34.5 Å². The molecule has 1 atom stereocenters. The van der Waals surface area contributed by atoms with Gasteiger partial charge in [0.15, 0.2) is 11.6 Å². The molecule has 0 aromatic heterocycles. The SMILES string of the molecule is CC(C)(C)OC(=O)N(C1=CS(=S(=O)=O)C=N1)c1ccc(OC2CCN(Cc3ccccc3)CC2)c(Cl)c1F. The summed E-state index contributed by atoms with van der Waals surface area (Å²) in [6.07, 6.45) is 0.458. The molecule has 204 valence electrons. The Morgan fingerprint density at radius 1 is 1.18 bits per heavy atom. The number of carbonyl (C=O) groups is 1. The highest BCUT2D eigenvalue weighted by atomic mass is 35.5. The van der Waals surface area contributed by atoms with Crippen molar-refractivity contribution in [3.05, 3.63) is 70.1 Å². The zero-order chi connectivity index (χ0) is 27.4. The Hall–Kier alpha value is -2.73. The monoisotopic (exact) mass is 581 g/mol. The Kier molecular flexibility index (Phi) is 8.92. The van der Waals surface area contributed by atoms with Crippen molar-refractivity contribution >= 4 is 47.6 Å². The third kappa shape index (κ3) is 7.02. The van der Waals surface area contributed by atoms with Crippen LogP contribution in [-0.4, -0.2) is 49.8 Å². The Morgan fingerprint density at radius 2 is 1.87 bits per heavy atom. The molecule has 1 fully saturated rings. The van der Waals surface area contributed by atoms with Crippen LogP contribution in [0.1, 0.15) is 39.2 Å². The van der Waals surface area contributed by atoms with E-state index in [0.29, 0.717) is 0 Å². The minimum absolute atomic E-state index is 0.0683. The average Bonchev–Trinajstić information content (AvgIpc) is 3.34. The molecule has 1 amide bonds. The quantitative estimate of drug-likeness (QED) is 0.446. The average molecular weight is 582 g/mol. The number of piperidine rings is 1. The van der Waals surface area contributed by atoms with E-state index in [0.717, 1.165) is 37.4 Å². The number of likely N-dealkylation sites (tertiary alicyclic amines) is 1. The van der Waals surface area contributed by atoms with Crippen LogP contribution in [0, 0.1) is 5.82 Å². The Labute approximate surface area is 229 Å². The molecule has 8 nitrogen and oxygen atoms in total. The van der Waals surface area contributed by atoms with Crippen LogP contribution >= 0.6 is 11.6 Å². The molecule has 0 bridgehead atoms. The minimum Gasteiger partial charge on any atom is -0.489 e. The maximum atomic E-state index is 15.6. The fourth-order valence-corrected chi connectivity index (χ4v) is 5.90. The van der Waals surface area contributed by atoms with Crippen LogP contribution in [-0.2, 0) is 30.0 Å². The van der Waals surface area contributed by atoms with Gasteiger partial charge in [0.25, 0.3) is 0 Å². The van der Waals surface area contributed by atoms with Gasteiger partial charge in [-0.2, -0.15) is 8.42 Å². The van der Waals surface area contributed by atoms with Gasteiger partial charge < -0.3 is 9.47 Å². The van der Waals surface area contributed by atoms with Crippen LogP contribution in [0.5, 0.6) is 5.75 Å². The van der Waals surface area contributed by atoms with E-state index in [1.54, 1.807) is 20.8 Å². The van der Waals surface area contributed by atoms with Crippen LogP contribution in [0.25, 0.3) is 0 Å². The van der Waals surface area contributed by atoms with Gasteiger partial charge in [-0.15, -0.1) is 0 Å². The second kappa shape index (κ2) is 12.0. The van der Waals surface area contributed by atoms with E-state index in [1.807, 2.05) is 18.2 Å². The van der Waals surface area contributed by atoms with Crippen LogP contribution in [0.15, 0.2) is 58.7 Å². The van der Waals surface area contributed by atoms with Crippen LogP contribution in [0.3, 0.4) is 0 Å². The Balaban J connectivity index is 1.52. The maximum Gasteiger partial charge on any atom is 0.420 e. The summed E-state index contributed by atoms with van der Waals surface area (Å²) >= 11 is 6.38. The second-order valence-electron chi connectivity index (χ2n) is 9.85. The van der Waals surface area contributed by atoms with Gasteiger partial charge in [0.2, 0.25) is 9.26 Å². The molecule has 12 heteroatoms. The van der Waals surface area contributed by atoms with E-state index in [-0.39, 0.29) is 28.4 Å². The molecular formula is C26H29ClFN3O5S2. The zero-order valence-corrected chi connectivity index (χ0v) is 23.7. The summed E-state index contributed by atoms with van der Waals surface area (Å²) in [5, 5.41) is 0.977. The maximum absolute atomic E-state index is 15.6. The first kappa shape index (κ1) is 28.3. The molecule has 38 heavy (non-hydrogen) atoms. The first-order chi connectivity index (χ1) is 18.0. The highest BCUT2D eigenvalue weighted by molar-refractivity contribution is 8.42. The summed E-state index contributed by atoms with van der Waals surface area (Å²) in [5.74, 6) is -0.799. The number of carbonyl (C=O) groups excluding carboxylic acids is 1. The lowest BCUT2D eigenvalue weighted by atomic mass is 10.1. The summed E-state index contributed by atoms with van der Waals surface area (Å²) in [7, 11) is -3.82. The number of anilines is 1. The molecule has 2 aromatic carbocycles. The lowest BCUT2D eigenvalue weighted by Crippen LogP contribution is -2.38. The molecular weight excluding hydrogens is 553 g/mol. The summed E-state index contributed by atoms with van der Waals surface area (Å²) in [4.78, 5) is 20.3. The largest absolute Gasteiger partial charge is 0.489 e. The van der Waals surface area contributed by atoms with E-state index in [1.165, 1.54) is 28.7 Å². The number of amides is 1. The third-order valence-corrected chi connectivity index (χ3v) is 8.73. The molecule has 2 heterocycles. The molecule has 4 rings (SSSR count). The van der Waals surface area contributed by atoms with Gasteiger partial charge in [-0.05, 0) is 51.3 Å². The predicted molar refractivity (Wildman–Crippen MR) is 148 cm³/mol. The fraction of sp³-hybridized carbons (Fsp3) is 0.385. The van der Waals surface area contributed by atoms with Crippen molar-refractivity contribution < 1.29 is 27.1 Å². The Morgan fingerprint density at radius 3 is 2.47 bits per heavy atom. The molecule has 1 unspecified atom stereocenters. The fourth-order valence-electron chi connectivity index (χ4n) is 4.07. The van der Waals surface area contributed by atoms with Crippen molar-refractivity contribution in [2.45, 2.75) is 51.9 Å². The number of rotatable bonds is 6.